The van der Waals surface area contributed by atoms with Crippen LogP contribution >= 0.6 is 11.6 Å². The van der Waals surface area contributed by atoms with E-state index < -0.39 is 17.3 Å². The quantitative estimate of drug-likeness (QED) is 0.916. The monoisotopic (exact) mass is 301 g/mol. The van der Waals surface area contributed by atoms with Gasteiger partial charge in [-0.3, -0.25) is 0 Å². The van der Waals surface area contributed by atoms with Gasteiger partial charge in [0.15, 0.2) is 0 Å². The average Bonchev–Trinajstić information content (AvgIpc) is 2.86. The van der Waals surface area contributed by atoms with Crippen LogP contribution in [0.15, 0.2) is 42.5 Å². The summed E-state index contributed by atoms with van der Waals surface area (Å²) in [5.74, 6) is -0.583. The van der Waals surface area contributed by atoms with E-state index in [1.165, 1.54) is 12.1 Å². The summed E-state index contributed by atoms with van der Waals surface area (Å²) in [5.41, 5.74) is 1.16. The summed E-state index contributed by atoms with van der Waals surface area (Å²) in [6.07, 6.45) is -0.349. The van der Waals surface area contributed by atoms with Crippen LogP contribution in [0.25, 0.3) is 0 Å². The SMILES string of the molecule is N#CC1(C(O)c2ccc(Cl)cc2F)Cc2ccccc2C1. The molecule has 0 saturated heterocycles. The smallest absolute Gasteiger partial charge is 0.130 e. The van der Waals surface area contributed by atoms with Crippen LogP contribution in [0.2, 0.25) is 5.02 Å². The van der Waals surface area contributed by atoms with Crippen LogP contribution in [-0.2, 0) is 12.8 Å². The van der Waals surface area contributed by atoms with Crippen molar-refractivity contribution in [3.63, 3.8) is 0 Å². The van der Waals surface area contributed by atoms with Crippen molar-refractivity contribution in [1.29, 1.82) is 5.26 Å². The zero-order chi connectivity index (χ0) is 15.0. The number of nitrogens with zero attached hydrogens (tertiary/aromatic N) is 1. The Labute approximate surface area is 127 Å². The molecule has 0 saturated carbocycles. The second kappa shape index (κ2) is 5.14. The minimum absolute atomic E-state index is 0.119. The molecule has 0 fully saturated rings. The largest absolute Gasteiger partial charge is 0.387 e. The fourth-order valence-electron chi connectivity index (χ4n) is 3.00. The van der Waals surface area contributed by atoms with E-state index in [1.54, 1.807) is 0 Å². The van der Waals surface area contributed by atoms with Gasteiger partial charge in [0.2, 0.25) is 0 Å². The Morgan fingerprint density at radius 2 is 1.81 bits per heavy atom. The fraction of sp³-hybridized carbons (Fsp3) is 0.235. The first-order valence-electron chi connectivity index (χ1n) is 6.67. The van der Waals surface area contributed by atoms with Gasteiger partial charge in [-0.05, 0) is 36.1 Å². The number of rotatable bonds is 2. The standard InChI is InChI=1S/C17H13ClFNO/c18-13-5-6-14(15(19)7-13)16(21)17(10-20)8-11-3-1-2-4-12(11)9-17/h1-7,16,21H,8-9H2. The van der Waals surface area contributed by atoms with Gasteiger partial charge in [-0.1, -0.05) is 41.9 Å². The van der Waals surface area contributed by atoms with Crippen LogP contribution in [0.1, 0.15) is 22.8 Å². The van der Waals surface area contributed by atoms with Crippen LogP contribution in [0.3, 0.4) is 0 Å². The molecule has 0 heterocycles. The maximum atomic E-state index is 14.0. The topological polar surface area (TPSA) is 44.0 Å². The Morgan fingerprint density at radius 1 is 1.19 bits per heavy atom. The van der Waals surface area contributed by atoms with Crippen molar-refractivity contribution in [1.82, 2.24) is 0 Å². The highest BCUT2D eigenvalue weighted by molar-refractivity contribution is 6.30. The molecule has 0 spiro atoms. The summed E-state index contributed by atoms with van der Waals surface area (Å²) < 4.78 is 14.0. The van der Waals surface area contributed by atoms with Gasteiger partial charge in [-0.25, -0.2) is 4.39 Å². The number of hydrogen-bond donors (Lipinski definition) is 1. The number of aliphatic hydroxyl groups is 1. The van der Waals surface area contributed by atoms with Crippen molar-refractivity contribution in [2.75, 3.05) is 0 Å². The van der Waals surface area contributed by atoms with Gasteiger partial charge in [0, 0.05) is 10.6 Å². The third-order valence-electron chi connectivity index (χ3n) is 4.13. The lowest BCUT2D eigenvalue weighted by atomic mass is 9.77. The van der Waals surface area contributed by atoms with E-state index >= 15 is 0 Å². The highest BCUT2D eigenvalue weighted by atomic mass is 35.5. The summed E-state index contributed by atoms with van der Waals surface area (Å²) in [6, 6.07) is 14.0. The predicted molar refractivity (Wildman–Crippen MR) is 78.3 cm³/mol. The minimum Gasteiger partial charge on any atom is -0.387 e. The van der Waals surface area contributed by atoms with Crippen molar-refractivity contribution in [2.24, 2.45) is 5.41 Å². The molecular weight excluding hydrogens is 289 g/mol. The third kappa shape index (κ3) is 2.31. The van der Waals surface area contributed by atoms with Crippen LogP contribution < -0.4 is 0 Å². The van der Waals surface area contributed by atoms with Crippen LogP contribution in [0.4, 0.5) is 4.39 Å². The van der Waals surface area contributed by atoms with Gasteiger partial charge in [0.1, 0.15) is 11.9 Å². The first-order valence-corrected chi connectivity index (χ1v) is 7.04. The van der Waals surface area contributed by atoms with E-state index in [1.807, 2.05) is 24.3 Å². The Hall–Kier alpha value is -1.89. The molecule has 1 aliphatic rings. The molecule has 3 rings (SSSR count). The molecule has 2 aromatic rings. The molecule has 2 aromatic carbocycles. The van der Waals surface area contributed by atoms with Gasteiger partial charge in [0.25, 0.3) is 0 Å². The second-order valence-electron chi connectivity index (χ2n) is 5.46. The van der Waals surface area contributed by atoms with Crippen molar-refractivity contribution >= 4 is 11.6 Å². The molecule has 106 valence electrons. The van der Waals surface area contributed by atoms with E-state index in [4.69, 9.17) is 11.6 Å². The van der Waals surface area contributed by atoms with E-state index in [9.17, 15) is 14.8 Å². The van der Waals surface area contributed by atoms with Crippen molar-refractivity contribution in [3.8, 4) is 6.07 Å². The predicted octanol–water partition coefficient (Wildman–Crippen LogP) is 3.82. The summed E-state index contributed by atoms with van der Waals surface area (Å²) in [4.78, 5) is 0. The molecule has 0 bridgehead atoms. The number of fused-ring (bicyclic) bond motifs is 1. The Morgan fingerprint density at radius 3 is 2.33 bits per heavy atom. The first-order chi connectivity index (χ1) is 10.1. The molecule has 1 aliphatic carbocycles. The lowest BCUT2D eigenvalue weighted by Crippen LogP contribution is -2.29. The van der Waals surface area contributed by atoms with Gasteiger partial charge in [-0.15, -0.1) is 0 Å². The van der Waals surface area contributed by atoms with Crippen molar-refractivity contribution in [3.05, 3.63) is 70.0 Å². The van der Waals surface area contributed by atoms with Gasteiger partial charge in [0.05, 0.1) is 11.5 Å². The molecule has 1 N–H and O–H groups in total. The molecule has 21 heavy (non-hydrogen) atoms. The normalized spacial score (nSPS) is 17.0. The second-order valence-corrected chi connectivity index (χ2v) is 5.90. The van der Waals surface area contributed by atoms with Gasteiger partial charge < -0.3 is 5.11 Å². The number of benzene rings is 2. The van der Waals surface area contributed by atoms with E-state index in [0.29, 0.717) is 12.8 Å². The molecule has 1 atom stereocenters. The Balaban J connectivity index is 2.00. The molecule has 0 radical (unpaired) electrons. The summed E-state index contributed by atoms with van der Waals surface area (Å²) in [7, 11) is 0. The zero-order valence-corrected chi connectivity index (χ0v) is 11.9. The average molecular weight is 302 g/mol. The lowest BCUT2D eigenvalue weighted by molar-refractivity contribution is 0.0661. The summed E-state index contributed by atoms with van der Waals surface area (Å²) >= 11 is 5.74. The first kappa shape index (κ1) is 14.1. The zero-order valence-electron chi connectivity index (χ0n) is 11.2. The van der Waals surface area contributed by atoms with Crippen molar-refractivity contribution < 1.29 is 9.50 Å². The fourth-order valence-corrected chi connectivity index (χ4v) is 3.16. The van der Waals surface area contributed by atoms with E-state index in [0.717, 1.165) is 17.2 Å². The minimum atomic E-state index is -1.19. The lowest BCUT2D eigenvalue weighted by Gasteiger charge is -2.27. The molecular formula is C17H13ClFNO. The van der Waals surface area contributed by atoms with Crippen LogP contribution in [0.5, 0.6) is 0 Å². The highest BCUT2D eigenvalue weighted by Crippen LogP contribution is 2.46. The van der Waals surface area contributed by atoms with Crippen molar-refractivity contribution in [2.45, 2.75) is 18.9 Å². The van der Waals surface area contributed by atoms with Crippen LogP contribution in [-0.4, -0.2) is 5.11 Å². The van der Waals surface area contributed by atoms with Gasteiger partial charge in [-0.2, -0.15) is 5.26 Å². The number of halogens is 2. The number of nitriles is 1. The summed E-state index contributed by atoms with van der Waals surface area (Å²) in [6.45, 7) is 0. The molecule has 0 amide bonds. The molecule has 2 nitrogen and oxygen atoms in total. The maximum absolute atomic E-state index is 14.0. The van der Waals surface area contributed by atoms with E-state index in [2.05, 4.69) is 6.07 Å². The van der Waals surface area contributed by atoms with Crippen LogP contribution in [0, 0.1) is 22.6 Å². The molecule has 0 aliphatic heterocycles. The van der Waals surface area contributed by atoms with E-state index in [-0.39, 0.29) is 10.6 Å². The molecule has 0 aromatic heterocycles. The Kier molecular flexibility index (Phi) is 3.44. The third-order valence-corrected chi connectivity index (χ3v) is 4.37. The molecule has 1 unspecified atom stereocenters. The highest BCUT2D eigenvalue weighted by Gasteiger charge is 2.45. The Bertz CT molecular complexity index is 713. The summed E-state index contributed by atoms with van der Waals surface area (Å²) in [5, 5.41) is 20.5. The maximum Gasteiger partial charge on any atom is 0.130 e. The molecule has 4 heteroatoms. The van der Waals surface area contributed by atoms with Gasteiger partial charge >= 0.3 is 0 Å². The number of aliphatic hydroxyl groups excluding tert-OH is 1. The number of hydrogen-bond acceptors (Lipinski definition) is 2.